The standard InChI is InChI=1S/C23H28O6/c1-2-13-3-5-14(6-4-13)16-9-10-28-18-8-7-15(11-17(16)18)23-22(27)21(26)20(25)19(12-24)29-23/h3-8,11,16,19-27H,2,9-10,12H2,1H3. The Morgan fingerprint density at radius 3 is 2.34 bits per heavy atom. The summed E-state index contributed by atoms with van der Waals surface area (Å²) in [6, 6.07) is 14.2. The summed E-state index contributed by atoms with van der Waals surface area (Å²) in [7, 11) is 0. The van der Waals surface area contributed by atoms with E-state index in [1.807, 2.05) is 12.1 Å². The monoisotopic (exact) mass is 400 g/mol. The number of aryl methyl sites for hydroxylation is 1. The van der Waals surface area contributed by atoms with Crippen LogP contribution in [0.2, 0.25) is 0 Å². The Kier molecular flexibility index (Phi) is 5.90. The Balaban J connectivity index is 1.67. The maximum Gasteiger partial charge on any atom is 0.123 e. The quantitative estimate of drug-likeness (QED) is 0.623. The zero-order chi connectivity index (χ0) is 20.5. The number of aliphatic hydroxyl groups is 4. The average Bonchev–Trinajstić information content (AvgIpc) is 2.77. The molecule has 6 atom stereocenters. The van der Waals surface area contributed by atoms with Crippen LogP contribution in [-0.2, 0) is 11.2 Å². The van der Waals surface area contributed by atoms with Crippen molar-refractivity contribution >= 4 is 0 Å². The summed E-state index contributed by atoms with van der Waals surface area (Å²) in [5, 5.41) is 40.1. The van der Waals surface area contributed by atoms with Gasteiger partial charge in [0, 0.05) is 11.5 Å². The molecule has 0 aliphatic carbocycles. The van der Waals surface area contributed by atoms with E-state index in [1.165, 1.54) is 11.1 Å². The van der Waals surface area contributed by atoms with Gasteiger partial charge in [0.1, 0.15) is 36.3 Å². The zero-order valence-corrected chi connectivity index (χ0v) is 16.4. The third-order valence-electron chi connectivity index (χ3n) is 6.08. The lowest BCUT2D eigenvalue weighted by Crippen LogP contribution is -2.55. The Hall–Kier alpha value is -1.96. The molecule has 2 aliphatic heterocycles. The van der Waals surface area contributed by atoms with Crippen LogP contribution in [0.5, 0.6) is 5.75 Å². The number of fused-ring (bicyclic) bond motifs is 1. The van der Waals surface area contributed by atoms with Crippen molar-refractivity contribution < 1.29 is 29.9 Å². The van der Waals surface area contributed by atoms with Crippen molar-refractivity contribution in [2.24, 2.45) is 0 Å². The molecule has 2 heterocycles. The van der Waals surface area contributed by atoms with Gasteiger partial charge in [-0.2, -0.15) is 0 Å². The van der Waals surface area contributed by atoms with E-state index in [2.05, 4.69) is 31.2 Å². The first-order chi connectivity index (χ1) is 14.0. The van der Waals surface area contributed by atoms with Gasteiger partial charge in [-0.3, -0.25) is 0 Å². The van der Waals surface area contributed by atoms with Gasteiger partial charge in [0.15, 0.2) is 0 Å². The van der Waals surface area contributed by atoms with E-state index in [1.54, 1.807) is 6.07 Å². The normalized spacial score (nSPS) is 31.8. The molecule has 4 N–H and O–H groups in total. The van der Waals surface area contributed by atoms with Gasteiger partial charge in [0.2, 0.25) is 0 Å². The third kappa shape index (κ3) is 3.79. The van der Waals surface area contributed by atoms with Gasteiger partial charge < -0.3 is 29.9 Å². The lowest BCUT2D eigenvalue weighted by Gasteiger charge is -2.40. The molecule has 1 saturated heterocycles. The molecule has 0 amide bonds. The van der Waals surface area contributed by atoms with Crippen LogP contribution in [0.15, 0.2) is 42.5 Å². The van der Waals surface area contributed by atoms with Gasteiger partial charge in [0.05, 0.1) is 13.2 Å². The van der Waals surface area contributed by atoms with Crippen molar-refractivity contribution in [1.82, 2.24) is 0 Å². The van der Waals surface area contributed by atoms with Crippen molar-refractivity contribution in [3.63, 3.8) is 0 Å². The summed E-state index contributed by atoms with van der Waals surface area (Å²) in [5.74, 6) is 0.962. The molecular weight excluding hydrogens is 372 g/mol. The SMILES string of the molecule is CCc1ccc(C2CCOc3ccc(C4OC(CO)C(O)C(O)C4O)cc32)cc1. The molecule has 0 saturated carbocycles. The number of rotatable bonds is 4. The van der Waals surface area contributed by atoms with Crippen LogP contribution >= 0.6 is 0 Å². The highest BCUT2D eigenvalue weighted by atomic mass is 16.5. The Morgan fingerprint density at radius 2 is 1.66 bits per heavy atom. The molecule has 2 aliphatic rings. The van der Waals surface area contributed by atoms with Gasteiger partial charge in [-0.1, -0.05) is 37.3 Å². The fourth-order valence-corrected chi connectivity index (χ4v) is 4.30. The average molecular weight is 400 g/mol. The molecule has 156 valence electrons. The minimum atomic E-state index is -1.39. The lowest BCUT2D eigenvalue weighted by atomic mass is 9.83. The predicted octanol–water partition coefficient (Wildman–Crippen LogP) is 1.68. The van der Waals surface area contributed by atoms with Crippen LogP contribution < -0.4 is 4.74 Å². The second-order valence-corrected chi connectivity index (χ2v) is 7.83. The molecular formula is C23H28O6. The van der Waals surface area contributed by atoms with Crippen molar-refractivity contribution in [2.75, 3.05) is 13.2 Å². The van der Waals surface area contributed by atoms with Crippen molar-refractivity contribution in [1.29, 1.82) is 0 Å². The summed E-state index contributed by atoms with van der Waals surface area (Å²) in [4.78, 5) is 0. The smallest absolute Gasteiger partial charge is 0.123 e. The van der Waals surface area contributed by atoms with E-state index in [0.29, 0.717) is 12.2 Å². The van der Waals surface area contributed by atoms with Gasteiger partial charge in [-0.15, -0.1) is 0 Å². The van der Waals surface area contributed by atoms with Crippen LogP contribution in [-0.4, -0.2) is 58.1 Å². The summed E-state index contributed by atoms with van der Waals surface area (Å²) < 4.78 is 11.6. The van der Waals surface area contributed by atoms with Crippen LogP contribution in [0.3, 0.4) is 0 Å². The molecule has 2 aromatic rings. The molecule has 6 nitrogen and oxygen atoms in total. The van der Waals surface area contributed by atoms with Crippen LogP contribution in [0, 0.1) is 0 Å². The maximum atomic E-state index is 10.5. The highest BCUT2D eigenvalue weighted by Gasteiger charge is 2.44. The third-order valence-corrected chi connectivity index (χ3v) is 6.08. The van der Waals surface area contributed by atoms with E-state index >= 15 is 0 Å². The highest BCUT2D eigenvalue weighted by molar-refractivity contribution is 5.47. The number of hydrogen-bond acceptors (Lipinski definition) is 6. The first-order valence-corrected chi connectivity index (χ1v) is 10.2. The number of ether oxygens (including phenoxy) is 2. The highest BCUT2D eigenvalue weighted by Crippen LogP contribution is 2.41. The molecule has 0 spiro atoms. The van der Waals surface area contributed by atoms with E-state index in [0.717, 1.165) is 24.2 Å². The van der Waals surface area contributed by atoms with E-state index in [-0.39, 0.29) is 5.92 Å². The zero-order valence-electron chi connectivity index (χ0n) is 16.4. The van der Waals surface area contributed by atoms with E-state index < -0.39 is 37.1 Å². The fourth-order valence-electron chi connectivity index (χ4n) is 4.30. The number of benzene rings is 2. The summed E-state index contributed by atoms with van der Waals surface area (Å²) in [6.45, 7) is 2.32. The molecule has 4 rings (SSSR count). The van der Waals surface area contributed by atoms with E-state index in [4.69, 9.17) is 9.47 Å². The Bertz CT molecular complexity index is 834. The molecule has 6 unspecified atom stereocenters. The largest absolute Gasteiger partial charge is 0.493 e. The summed E-state index contributed by atoms with van der Waals surface area (Å²) >= 11 is 0. The first-order valence-electron chi connectivity index (χ1n) is 10.2. The summed E-state index contributed by atoms with van der Waals surface area (Å²) in [5.41, 5.74) is 4.19. The van der Waals surface area contributed by atoms with E-state index in [9.17, 15) is 20.4 Å². The molecule has 1 fully saturated rings. The Labute approximate surface area is 170 Å². The van der Waals surface area contributed by atoms with Gasteiger partial charge in [-0.25, -0.2) is 0 Å². The molecule has 0 bridgehead atoms. The molecule has 0 radical (unpaired) electrons. The molecule has 0 aromatic heterocycles. The summed E-state index contributed by atoms with van der Waals surface area (Å²) in [6.07, 6.45) is -3.99. The topological polar surface area (TPSA) is 99.4 Å². The fraction of sp³-hybridized carbons (Fsp3) is 0.478. The number of hydrogen-bond donors (Lipinski definition) is 4. The molecule has 29 heavy (non-hydrogen) atoms. The minimum absolute atomic E-state index is 0.162. The van der Waals surface area contributed by atoms with Gasteiger partial charge >= 0.3 is 0 Å². The van der Waals surface area contributed by atoms with Crippen molar-refractivity contribution in [3.05, 3.63) is 64.7 Å². The molecule has 6 heteroatoms. The van der Waals surface area contributed by atoms with Gasteiger partial charge in [-0.05, 0) is 41.7 Å². The predicted molar refractivity (Wildman–Crippen MR) is 107 cm³/mol. The second kappa shape index (κ2) is 8.42. The lowest BCUT2D eigenvalue weighted by molar-refractivity contribution is -0.231. The maximum absolute atomic E-state index is 10.5. The molecule has 2 aromatic carbocycles. The van der Waals surface area contributed by atoms with Crippen LogP contribution in [0.1, 0.15) is 47.6 Å². The van der Waals surface area contributed by atoms with Crippen LogP contribution in [0.25, 0.3) is 0 Å². The van der Waals surface area contributed by atoms with Gasteiger partial charge in [0.25, 0.3) is 0 Å². The first kappa shape index (κ1) is 20.3. The Morgan fingerprint density at radius 1 is 0.931 bits per heavy atom. The minimum Gasteiger partial charge on any atom is -0.493 e. The van der Waals surface area contributed by atoms with Crippen molar-refractivity contribution in [3.8, 4) is 5.75 Å². The number of aliphatic hydroxyl groups excluding tert-OH is 4. The van der Waals surface area contributed by atoms with Crippen molar-refractivity contribution in [2.45, 2.75) is 56.2 Å². The van der Waals surface area contributed by atoms with Crippen LogP contribution in [0.4, 0.5) is 0 Å². The second-order valence-electron chi connectivity index (χ2n) is 7.83.